The fourth-order valence-corrected chi connectivity index (χ4v) is 1.85. The van der Waals surface area contributed by atoms with Crippen LogP contribution in [0.15, 0.2) is 53.6 Å². The molecule has 21 heavy (non-hydrogen) atoms. The first-order valence-electron chi connectivity index (χ1n) is 6.45. The highest BCUT2D eigenvalue weighted by molar-refractivity contribution is 6.01. The van der Waals surface area contributed by atoms with Gasteiger partial charge >= 0.3 is 0 Å². The van der Waals surface area contributed by atoms with Gasteiger partial charge in [-0.1, -0.05) is 30.3 Å². The smallest absolute Gasteiger partial charge is 0.244 e. The molecule has 2 aromatic rings. The molecule has 2 rings (SSSR count). The van der Waals surface area contributed by atoms with Gasteiger partial charge in [0.1, 0.15) is 11.5 Å². The van der Waals surface area contributed by atoms with Crippen molar-refractivity contribution >= 4 is 11.6 Å². The second-order valence-electron chi connectivity index (χ2n) is 4.60. The number of phenolic OH excluding ortho intramolecular Hbond substituents is 2. The minimum atomic E-state index is -0.237. The molecule has 0 atom stereocenters. The molecule has 0 bridgehead atoms. The average molecular weight is 284 g/mol. The Morgan fingerprint density at radius 1 is 1.14 bits per heavy atom. The molecule has 0 aromatic heterocycles. The first-order valence-corrected chi connectivity index (χ1v) is 6.45. The molecule has 0 heterocycles. The van der Waals surface area contributed by atoms with E-state index in [1.54, 1.807) is 6.92 Å². The Balaban J connectivity index is 2.01. The number of aromatic hydroxyl groups is 2. The van der Waals surface area contributed by atoms with Crippen LogP contribution >= 0.6 is 0 Å². The van der Waals surface area contributed by atoms with Crippen molar-refractivity contribution in [3.8, 4) is 11.5 Å². The molecule has 1 amide bonds. The molecule has 2 aromatic carbocycles. The standard InChI is InChI=1S/C16H16N2O3/c1-11(14-8-7-13(19)10-15(14)20)17-18-16(21)9-12-5-3-2-4-6-12/h2-8,10,19-20H,9H2,1H3,(H,18,21)/b17-11+. The maximum Gasteiger partial charge on any atom is 0.244 e. The summed E-state index contributed by atoms with van der Waals surface area (Å²) in [5.74, 6) is -0.357. The molecule has 0 aliphatic rings. The second-order valence-corrected chi connectivity index (χ2v) is 4.60. The van der Waals surface area contributed by atoms with Crippen molar-refractivity contribution in [1.29, 1.82) is 0 Å². The van der Waals surface area contributed by atoms with Gasteiger partial charge in [-0.15, -0.1) is 0 Å². The van der Waals surface area contributed by atoms with Crippen molar-refractivity contribution in [1.82, 2.24) is 5.43 Å². The molecule has 3 N–H and O–H groups in total. The van der Waals surface area contributed by atoms with E-state index in [9.17, 15) is 15.0 Å². The van der Waals surface area contributed by atoms with Gasteiger partial charge in [-0.3, -0.25) is 4.79 Å². The van der Waals surface area contributed by atoms with E-state index in [0.29, 0.717) is 11.3 Å². The highest BCUT2D eigenvalue weighted by atomic mass is 16.3. The summed E-state index contributed by atoms with van der Waals surface area (Å²) < 4.78 is 0. The quantitative estimate of drug-likeness (QED) is 0.594. The Morgan fingerprint density at radius 3 is 2.52 bits per heavy atom. The number of hydrazone groups is 1. The Kier molecular flexibility index (Phi) is 4.56. The third-order valence-corrected chi connectivity index (χ3v) is 2.93. The molecular formula is C16H16N2O3. The molecule has 0 aliphatic heterocycles. The van der Waals surface area contributed by atoms with E-state index in [1.165, 1.54) is 18.2 Å². The Bertz CT molecular complexity index is 666. The van der Waals surface area contributed by atoms with Crippen LogP contribution in [0.25, 0.3) is 0 Å². The van der Waals surface area contributed by atoms with Crippen molar-refractivity contribution in [2.75, 3.05) is 0 Å². The summed E-state index contributed by atoms with van der Waals surface area (Å²) in [6, 6.07) is 13.5. The van der Waals surface area contributed by atoms with E-state index < -0.39 is 0 Å². The SMILES string of the molecule is C/C(=N\NC(=O)Cc1ccccc1)c1ccc(O)cc1O. The molecule has 0 saturated heterocycles. The summed E-state index contributed by atoms with van der Waals surface area (Å²) in [5.41, 5.74) is 4.25. The van der Waals surface area contributed by atoms with Gasteiger partial charge in [0.25, 0.3) is 0 Å². The predicted octanol–water partition coefficient (Wildman–Crippen LogP) is 2.18. The number of hydrogen-bond donors (Lipinski definition) is 3. The number of carbonyl (C=O) groups is 1. The van der Waals surface area contributed by atoms with Crippen molar-refractivity contribution in [3.63, 3.8) is 0 Å². The van der Waals surface area contributed by atoms with Gasteiger partial charge in [-0.25, -0.2) is 5.43 Å². The maximum atomic E-state index is 11.8. The zero-order valence-corrected chi connectivity index (χ0v) is 11.6. The van der Waals surface area contributed by atoms with Crippen LogP contribution in [0.1, 0.15) is 18.1 Å². The van der Waals surface area contributed by atoms with E-state index in [0.717, 1.165) is 5.56 Å². The molecule has 0 saturated carbocycles. The summed E-state index contributed by atoms with van der Waals surface area (Å²) in [5, 5.41) is 22.9. The van der Waals surface area contributed by atoms with E-state index in [1.807, 2.05) is 30.3 Å². The second kappa shape index (κ2) is 6.56. The zero-order valence-electron chi connectivity index (χ0n) is 11.6. The minimum absolute atomic E-state index is 0.0304. The maximum absolute atomic E-state index is 11.8. The van der Waals surface area contributed by atoms with Crippen LogP contribution in [0.4, 0.5) is 0 Å². The van der Waals surface area contributed by atoms with Gasteiger partial charge in [-0.2, -0.15) is 5.10 Å². The van der Waals surface area contributed by atoms with Crippen LogP contribution in [-0.4, -0.2) is 21.8 Å². The fourth-order valence-electron chi connectivity index (χ4n) is 1.85. The Labute approximate surface area is 122 Å². The fraction of sp³-hybridized carbons (Fsp3) is 0.125. The van der Waals surface area contributed by atoms with Crippen LogP contribution in [0, 0.1) is 0 Å². The number of carbonyl (C=O) groups excluding carboxylic acids is 1. The van der Waals surface area contributed by atoms with Crippen LogP contribution in [0.2, 0.25) is 0 Å². The molecule has 108 valence electrons. The van der Waals surface area contributed by atoms with Gasteiger partial charge < -0.3 is 10.2 Å². The third-order valence-electron chi connectivity index (χ3n) is 2.93. The lowest BCUT2D eigenvalue weighted by atomic mass is 10.1. The van der Waals surface area contributed by atoms with E-state index >= 15 is 0 Å². The number of benzene rings is 2. The number of amides is 1. The van der Waals surface area contributed by atoms with E-state index in [4.69, 9.17) is 0 Å². The summed E-state index contributed by atoms with van der Waals surface area (Å²) in [6.45, 7) is 1.66. The Hall–Kier alpha value is -2.82. The molecular weight excluding hydrogens is 268 g/mol. The third kappa shape index (κ3) is 4.07. The number of hydrogen-bond acceptors (Lipinski definition) is 4. The minimum Gasteiger partial charge on any atom is -0.508 e. The van der Waals surface area contributed by atoms with Crippen LogP contribution in [0.5, 0.6) is 11.5 Å². The van der Waals surface area contributed by atoms with Crippen molar-refractivity contribution < 1.29 is 15.0 Å². The van der Waals surface area contributed by atoms with Gasteiger partial charge in [0.2, 0.25) is 5.91 Å². The topological polar surface area (TPSA) is 81.9 Å². The molecule has 5 nitrogen and oxygen atoms in total. The largest absolute Gasteiger partial charge is 0.508 e. The van der Waals surface area contributed by atoms with Crippen molar-refractivity contribution in [2.45, 2.75) is 13.3 Å². The monoisotopic (exact) mass is 284 g/mol. The van der Waals surface area contributed by atoms with Crippen molar-refractivity contribution in [2.24, 2.45) is 5.10 Å². The molecule has 0 aliphatic carbocycles. The van der Waals surface area contributed by atoms with E-state index in [2.05, 4.69) is 10.5 Å². The van der Waals surface area contributed by atoms with Gasteiger partial charge in [0.05, 0.1) is 12.1 Å². The normalized spacial score (nSPS) is 11.2. The summed E-state index contributed by atoms with van der Waals surface area (Å²) >= 11 is 0. The summed E-state index contributed by atoms with van der Waals surface area (Å²) in [4.78, 5) is 11.8. The molecule has 0 fully saturated rings. The molecule has 0 radical (unpaired) electrons. The van der Waals surface area contributed by atoms with Crippen molar-refractivity contribution in [3.05, 3.63) is 59.7 Å². The summed E-state index contributed by atoms with van der Waals surface area (Å²) in [6.07, 6.45) is 0.235. The molecule has 5 heteroatoms. The number of phenols is 2. The van der Waals surface area contributed by atoms with Gasteiger partial charge in [-0.05, 0) is 24.6 Å². The number of rotatable bonds is 4. The lowest BCUT2D eigenvalue weighted by Gasteiger charge is -2.05. The molecule has 0 spiro atoms. The highest BCUT2D eigenvalue weighted by Gasteiger charge is 2.07. The zero-order chi connectivity index (χ0) is 15.2. The first-order chi connectivity index (χ1) is 10.1. The first kappa shape index (κ1) is 14.6. The predicted molar refractivity (Wildman–Crippen MR) is 80.3 cm³/mol. The van der Waals surface area contributed by atoms with Gasteiger partial charge in [0, 0.05) is 11.6 Å². The number of nitrogens with zero attached hydrogens (tertiary/aromatic N) is 1. The van der Waals surface area contributed by atoms with Gasteiger partial charge in [0.15, 0.2) is 0 Å². The average Bonchev–Trinajstić information content (AvgIpc) is 2.46. The van der Waals surface area contributed by atoms with Crippen LogP contribution in [0.3, 0.4) is 0 Å². The number of nitrogens with one attached hydrogen (secondary N) is 1. The van der Waals surface area contributed by atoms with Crippen LogP contribution in [-0.2, 0) is 11.2 Å². The lowest BCUT2D eigenvalue weighted by molar-refractivity contribution is -0.120. The Morgan fingerprint density at radius 2 is 1.86 bits per heavy atom. The lowest BCUT2D eigenvalue weighted by Crippen LogP contribution is -2.21. The molecule has 0 unspecified atom stereocenters. The van der Waals surface area contributed by atoms with Crippen LogP contribution < -0.4 is 5.43 Å². The highest BCUT2D eigenvalue weighted by Crippen LogP contribution is 2.22. The summed E-state index contributed by atoms with van der Waals surface area (Å²) in [7, 11) is 0. The van der Waals surface area contributed by atoms with E-state index in [-0.39, 0.29) is 23.8 Å².